The third-order valence-corrected chi connectivity index (χ3v) is 3.92. The van der Waals surface area contributed by atoms with Gasteiger partial charge in [-0.1, -0.05) is 23.7 Å². The van der Waals surface area contributed by atoms with Crippen molar-refractivity contribution in [1.29, 1.82) is 0 Å². The minimum Gasteiger partial charge on any atom is -0.348 e. The third kappa shape index (κ3) is 3.05. The van der Waals surface area contributed by atoms with Gasteiger partial charge in [0.25, 0.3) is 5.91 Å². The number of nitrogens with zero attached hydrogens (tertiary/aromatic N) is 3. The molecular weight excluding hydrogens is 312 g/mol. The summed E-state index contributed by atoms with van der Waals surface area (Å²) in [4.78, 5) is 17.1. The molecule has 1 aromatic carbocycles. The Hall–Kier alpha value is -2.40. The maximum absolute atomic E-state index is 12.6. The predicted molar refractivity (Wildman–Crippen MR) is 90.6 cm³/mol. The Kier molecular flexibility index (Phi) is 4.05. The Morgan fingerprint density at radius 1 is 1.30 bits per heavy atom. The molecule has 3 aromatic rings. The molecule has 5 nitrogen and oxygen atoms in total. The molecule has 2 heterocycles. The van der Waals surface area contributed by atoms with E-state index < -0.39 is 0 Å². The average Bonchev–Trinajstić information content (AvgIpc) is 2.79. The van der Waals surface area contributed by atoms with Crippen LogP contribution in [-0.4, -0.2) is 20.7 Å². The van der Waals surface area contributed by atoms with E-state index >= 15 is 0 Å². The zero-order valence-electron chi connectivity index (χ0n) is 13.2. The highest BCUT2D eigenvalue weighted by Gasteiger charge is 2.17. The fourth-order valence-electron chi connectivity index (χ4n) is 2.67. The molecule has 0 aliphatic carbocycles. The summed E-state index contributed by atoms with van der Waals surface area (Å²) in [5, 5.41) is 8.74. The molecule has 0 spiro atoms. The highest BCUT2D eigenvalue weighted by Crippen LogP contribution is 2.21. The van der Waals surface area contributed by atoms with E-state index in [1.54, 1.807) is 10.7 Å². The molecule has 0 bridgehead atoms. The monoisotopic (exact) mass is 328 g/mol. The Balaban J connectivity index is 1.92. The quantitative estimate of drug-likeness (QED) is 0.803. The summed E-state index contributed by atoms with van der Waals surface area (Å²) in [6.07, 6.45) is 0. The average molecular weight is 329 g/mol. The Labute approximate surface area is 139 Å². The number of aromatic nitrogens is 3. The van der Waals surface area contributed by atoms with Gasteiger partial charge in [0.15, 0.2) is 5.65 Å². The SMILES string of the molecule is Cc1cc(C(=O)NCc2cccc(Cl)c2)c2c(C)nn(C)c2n1. The van der Waals surface area contributed by atoms with E-state index in [1.807, 2.05) is 45.2 Å². The van der Waals surface area contributed by atoms with Crippen molar-refractivity contribution in [3.63, 3.8) is 0 Å². The first-order valence-corrected chi connectivity index (χ1v) is 7.67. The summed E-state index contributed by atoms with van der Waals surface area (Å²) in [6, 6.07) is 9.23. The number of hydrogen-bond donors (Lipinski definition) is 1. The molecule has 23 heavy (non-hydrogen) atoms. The van der Waals surface area contributed by atoms with Crippen molar-refractivity contribution < 1.29 is 4.79 Å². The van der Waals surface area contributed by atoms with Crippen molar-refractivity contribution in [2.75, 3.05) is 0 Å². The Bertz CT molecular complexity index is 901. The maximum atomic E-state index is 12.6. The second-order valence-electron chi connectivity index (χ2n) is 5.53. The summed E-state index contributed by atoms with van der Waals surface area (Å²) in [7, 11) is 1.83. The smallest absolute Gasteiger partial charge is 0.252 e. The number of carbonyl (C=O) groups is 1. The number of fused-ring (bicyclic) bond motifs is 1. The Morgan fingerprint density at radius 2 is 2.09 bits per heavy atom. The molecule has 0 saturated carbocycles. The van der Waals surface area contributed by atoms with Crippen molar-refractivity contribution >= 4 is 28.5 Å². The highest BCUT2D eigenvalue weighted by molar-refractivity contribution is 6.30. The predicted octanol–water partition coefficient (Wildman–Crippen LogP) is 3.17. The number of benzene rings is 1. The van der Waals surface area contributed by atoms with Crippen molar-refractivity contribution in [2.24, 2.45) is 7.05 Å². The Morgan fingerprint density at radius 3 is 2.83 bits per heavy atom. The summed E-state index contributed by atoms with van der Waals surface area (Å²) in [6.45, 7) is 4.17. The van der Waals surface area contributed by atoms with Gasteiger partial charge in [-0.25, -0.2) is 4.98 Å². The van der Waals surface area contributed by atoms with Crippen molar-refractivity contribution in [3.05, 3.63) is 57.9 Å². The van der Waals surface area contributed by atoms with Crippen LogP contribution in [0, 0.1) is 13.8 Å². The topological polar surface area (TPSA) is 59.8 Å². The van der Waals surface area contributed by atoms with Gasteiger partial charge in [-0.15, -0.1) is 0 Å². The molecule has 118 valence electrons. The molecule has 2 aromatic heterocycles. The normalized spacial score (nSPS) is 11.0. The molecule has 0 saturated heterocycles. The van der Waals surface area contributed by atoms with E-state index in [-0.39, 0.29) is 5.91 Å². The van der Waals surface area contributed by atoms with Crippen LogP contribution in [0.3, 0.4) is 0 Å². The second kappa shape index (κ2) is 6.01. The van der Waals surface area contributed by atoms with Gasteiger partial charge in [-0.05, 0) is 37.6 Å². The molecule has 3 rings (SSSR count). The standard InChI is InChI=1S/C17H17ClN4O/c1-10-7-14(15-11(2)21-22(3)16(15)20-10)17(23)19-9-12-5-4-6-13(18)8-12/h4-8H,9H2,1-3H3,(H,19,23). The van der Waals surface area contributed by atoms with Crippen LogP contribution in [0.5, 0.6) is 0 Å². The molecule has 0 atom stereocenters. The van der Waals surface area contributed by atoms with Crippen LogP contribution in [-0.2, 0) is 13.6 Å². The van der Waals surface area contributed by atoms with Crippen LogP contribution in [0.1, 0.15) is 27.3 Å². The van der Waals surface area contributed by atoms with Crippen molar-refractivity contribution in [3.8, 4) is 0 Å². The number of carbonyl (C=O) groups excluding carboxylic acids is 1. The van der Waals surface area contributed by atoms with E-state index in [4.69, 9.17) is 11.6 Å². The summed E-state index contributed by atoms with van der Waals surface area (Å²) in [5.41, 5.74) is 3.85. The van der Waals surface area contributed by atoms with E-state index in [1.165, 1.54) is 0 Å². The molecular formula is C17H17ClN4O. The molecule has 0 fully saturated rings. The van der Waals surface area contributed by atoms with Crippen LogP contribution < -0.4 is 5.32 Å². The van der Waals surface area contributed by atoms with E-state index in [9.17, 15) is 4.79 Å². The van der Waals surface area contributed by atoms with Gasteiger partial charge in [-0.2, -0.15) is 5.10 Å². The van der Waals surface area contributed by atoms with Crippen LogP contribution in [0.25, 0.3) is 11.0 Å². The summed E-state index contributed by atoms with van der Waals surface area (Å²) < 4.78 is 1.70. The van der Waals surface area contributed by atoms with Gasteiger partial charge in [-0.3, -0.25) is 9.48 Å². The lowest BCUT2D eigenvalue weighted by Gasteiger charge is -2.08. The van der Waals surface area contributed by atoms with Crippen molar-refractivity contribution in [1.82, 2.24) is 20.1 Å². The minimum absolute atomic E-state index is 0.142. The van der Waals surface area contributed by atoms with Gasteiger partial charge >= 0.3 is 0 Å². The van der Waals surface area contributed by atoms with Gasteiger partial charge in [0, 0.05) is 24.3 Å². The number of pyridine rings is 1. The van der Waals surface area contributed by atoms with Crippen molar-refractivity contribution in [2.45, 2.75) is 20.4 Å². The first kappa shape index (κ1) is 15.5. The van der Waals surface area contributed by atoms with Crippen LogP contribution >= 0.6 is 11.6 Å². The number of amides is 1. The van der Waals surface area contributed by atoms with Gasteiger partial charge in [0.1, 0.15) is 0 Å². The van der Waals surface area contributed by atoms with Gasteiger partial charge in [0.2, 0.25) is 0 Å². The zero-order valence-corrected chi connectivity index (χ0v) is 14.0. The van der Waals surface area contributed by atoms with Gasteiger partial charge in [0.05, 0.1) is 16.6 Å². The lowest BCUT2D eigenvalue weighted by molar-refractivity contribution is 0.0952. The first-order valence-electron chi connectivity index (χ1n) is 7.29. The molecule has 0 unspecified atom stereocenters. The fourth-order valence-corrected chi connectivity index (χ4v) is 2.89. The summed E-state index contributed by atoms with van der Waals surface area (Å²) in [5.74, 6) is -0.142. The van der Waals surface area contributed by atoms with Gasteiger partial charge < -0.3 is 5.32 Å². The zero-order chi connectivity index (χ0) is 16.6. The molecule has 1 amide bonds. The fraction of sp³-hybridized carbons (Fsp3) is 0.235. The highest BCUT2D eigenvalue weighted by atomic mass is 35.5. The minimum atomic E-state index is -0.142. The van der Waals surface area contributed by atoms with E-state index in [2.05, 4.69) is 15.4 Å². The molecule has 1 N–H and O–H groups in total. The van der Waals surface area contributed by atoms with E-state index in [0.29, 0.717) is 17.1 Å². The molecule has 0 aliphatic rings. The van der Waals surface area contributed by atoms with Crippen LogP contribution in [0.15, 0.2) is 30.3 Å². The lowest BCUT2D eigenvalue weighted by Crippen LogP contribution is -2.23. The van der Waals surface area contributed by atoms with Crippen LogP contribution in [0.4, 0.5) is 0 Å². The second-order valence-corrected chi connectivity index (χ2v) is 5.97. The molecule has 0 aliphatic heterocycles. The molecule has 6 heteroatoms. The largest absolute Gasteiger partial charge is 0.348 e. The number of hydrogen-bond acceptors (Lipinski definition) is 3. The van der Waals surface area contributed by atoms with Crippen LogP contribution in [0.2, 0.25) is 5.02 Å². The number of aryl methyl sites for hydroxylation is 3. The van der Waals surface area contributed by atoms with E-state index in [0.717, 1.165) is 28.0 Å². The summed E-state index contributed by atoms with van der Waals surface area (Å²) >= 11 is 5.97. The molecule has 0 radical (unpaired) electrons. The number of nitrogens with one attached hydrogen (secondary N) is 1. The number of halogens is 1. The first-order chi connectivity index (χ1) is 11.0. The number of rotatable bonds is 3. The maximum Gasteiger partial charge on any atom is 0.252 e. The lowest BCUT2D eigenvalue weighted by atomic mass is 10.1. The third-order valence-electron chi connectivity index (χ3n) is 3.68.